The molecule has 3 N–H and O–H groups in total. The predicted molar refractivity (Wildman–Crippen MR) is 127 cm³/mol. The minimum Gasteiger partial charge on any atom is -0.313 e. The molecule has 5 rings (SSSR count). The second kappa shape index (κ2) is 9.84. The maximum absolute atomic E-state index is 11.7. The van der Waals surface area contributed by atoms with Gasteiger partial charge in [0.25, 0.3) is 0 Å². The number of rotatable bonds is 2. The van der Waals surface area contributed by atoms with Crippen LogP contribution in [0.2, 0.25) is 5.02 Å². The van der Waals surface area contributed by atoms with E-state index in [0.717, 1.165) is 53.5 Å². The van der Waals surface area contributed by atoms with Crippen LogP contribution in [0.25, 0.3) is 10.8 Å². The number of hydrogen-bond acceptors (Lipinski definition) is 4. The van der Waals surface area contributed by atoms with Gasteiger partial charge in [0, 0.05) is 35.1 Å². The highest BCUT2D eigenvalue weighted by atomic mass is 35.5. The number of fused-ring (bicyclic) bond motifs is 2. The standard InChI is InChI=1S/C14H18N2O.C10H8ClNS/c17-14-4-2-8-16(14)13-6-5-12-10-15-7-1-3-11(12)9-13;11-9-3-1-8-6-10(13-12)4-2-7(8)5-9/h5-6,9,15H,1-4,7-8,10H2;1-6H,12H2. The molecule has 3 aromatic carbocycles. The molecule has 0 unspecified atom stereocenters. The summed E-state index contributed by atoms with van der Waals surface area (Å²) in [6.45, 7) is 2.94. The van der Waals surface area contributed by atoms with Crippen LogP contribution in [0.4, 0.5) is 5.69 Å². The molecular formula is C24H26ClN3OS. The van der Waals surface area contributed by atoms with Crippen molar-refractivity contribution in [2.24, 2.45) is 5.14 Å². The number of hydrogen-bond donors (Lipinski definition) is 2. The molecule has 4 nitrogen and oxygen atoms in total. The average molecular weight is 440 g/mol. The van der Waals surface area contributed by atoms with Gasteiger partial charge in [-0.25, -0.2) is 0 Å². The Morgan fingerprint density at radius 3 is 2.57 bits per heavy atom. The van der Waals surface area contributed by atoms with Crippen LogP contribution in [0.1, 0.15) is 30.4 Å². The molecule has 0 atom stereocenters. The van der Waals surface area contributed by atoms with Crippen LogP contribution in [0.5, 0.6) is 0 Å². The SMILES string of the molecule is NSc1ccc2cc(Cl)ccc2c1.O=C1CCCN1c1ccc2c(c1)CCCNC2. The maximum atomic E-state index is 11.7. The van der Waals surface area contributed by atoms with Crippen molar-refractivity contribution < 1.29 is 4.79 Å². The first-order valence-corrected chi connectivity index (χ1v) is 11.6. The zero-order valence-electron chi connectivity index (χ0n) is 16.9. The number of carbonyl (C=O) groups excluding carboxylic acids is 1. The molecule has 6 heteroatoms. The molecule has 1 amide bonds. The van der Waals surface area contributed by atoms with Gasteiger partial charge >= 0.3 is 0 Å². The largest absolute Gasteiger partial charge is 0.313 e. The number of benzene rings is 3. The highest BCUT2D eigenvalue weighted by Crippen LogP contribution is 2.26. The van der Waals surface area contributed by atoms with Crippen LogP contribution in [0.3, 0.4) is 0 Å². The molecule has 2 heterocycles. The molecule has 3 aromatic rings. The summed E-state index contributed by atoms with van der Waals surface area (Å²) < 4.78 is 0. The van der Waals surface area contributed by atoms with Gasteiger partial charge in [-0.3, -0.25) is 9.93 Å². The lowest BCUT2D eigenvalue weighted by atomic mass is 10.0. The first kappa shape index (κ1) is 21.2. The van der Waals surface area contributed by atoms with Crippen LogP contribution in [-0.4, -0.2) is 19.0 Å². The number of carbonyl (C=O) groups is 1. The summed E-state index contributed by atoms with van der Waals surface area (Å²) >= 11 is 7.12. The third-order valence-electron chi connectivity index (χ3n) is 5.60. The smallest absolute Gasteiger partial charge is 0.227 e. The Morgan fingerprint density at radius 2 is 1.77 bits per heavy atom. The van der Waals surface area contributed by atoms with Crippen molar-refractivity contribution in [3.05, 3.63) is 70.7 Å². The lowest BCUT2D eigenvalue weighted by Crippen LogP contribution is -2.23. The molecule has 0 aromatic heterocycles. The lowest BCUT2D eigenvalue weighted by Gasteiger charge is -2.17. The van der Waals surface area contributed by atoms with E-state index in [1.165, 1.54) is 34.9 Å². The predicted octanol–water partition coefficient (Wildman–Crippen LogP) is 5.31. The number of amides is 1. The van der Waals surface area contributed by atoms with Gasteiger partial charge in [-0.05, 0) is 96.1 Å². The molecule has 2 aliphatic heterocycles. The highest BCUT2D eigenvalue weighted by molar-refractivity contribution is 7.97. The summed E-state index contributed by atoms with van der Waals surface area (Å²) in [7, 11) is 0. The Labute approximate surface area is 186 Å². The Kier molecular flexibility index (Phi) is 6.95. The van der Waals surface area contributed by atoms with Crippen LogP contribution in [-0.2, 0) is 17.8 Å². The van der Waals surface area contributed by atoms with E-state index in [0.29, 0.717) is 6.42 Å². The second-order valence-corrected chi connectivity index (χ2v) is 8.80. The fourth-order valence-electron chi connectivity index (χ4n) is 4.00. The molecule has 2 aliphatic rings. The summed E-state index contributed by atoms with van der Waals surface area (Å²) in [5, 5.41) is 12.0. The van der Waals surface area contributed by atoms with Crippen LogP contribution in [0, 0.1) is 0 Å². The molecule has 0 spiro atoms. The zero-order chi connectivity index (χ0) is 20.9. The minimum absolute atomic E-state index is 0.275. The van der Waals surface area contributed by atoms with Gasteiger partial charge in [0.05, 0.1) is 0 Å². The van der Waals surface area contributed by atoms with E-state index < -0.39 is 0 Å². The molecule has 1 saturated heterocycles. The van der Waals surface area contributed by atoms with Crippen LogP contribution in [0.15, 0.2) is 59.5 Å². The monoisotopic (exact) mass is 439 g/mol. The van der Waals surface area contributed by atoms with Crippen molar-refractivity contribution in [2.45, 2.75) is 37.1 Å². The number of halogens is 1. The van der Waals surface area contributed by atoms with Crippen LogP contribution >= 0.6 is 23.5 Å². The summed E-state index contributed by atoms with van der Waals surface area (Å²) in [4.78, 5) is 14.7. The third kappa shape index (κ3) is 4.98. The number of nitrogens with zero attached hydrogens (tertiary/aromatic N) is 1. The van der Waals surface area contributed by atoms with E-state index in [-0.39, 0.29) is 5.91 Å². The van der Waals surface area contributed by atoms with Gasteiger partial charge in [-0.1, -0.05) is 29.8 Å². The van der Waals surface area contributed by atoms with Gasteiger partial charge in [-0.15, -0.1) is 0 Å². The van der Waals surface area contributed by atoms with Crippen molar-refractivity contribution in [1.29, 1.82) is 0 Å². The average Bonchev–Trinajstić information content (AvgIpc) is 3.05. The third-order valence-corrected chi connectivity index (χ3v) is 6.36. The van der Waals surface area contributed by atoms with Gasteiger partial charge in [-0.2, -0.15) is 0 Å². The summed E-state index contributed by atoms with van der Waals surface area (Å²) in [5.74, 6) is 0.275. The molecule has 156 valence electrons. The summed E-state index contributed by atoms with van der Waals surface area (Å²) in [6.07, 6.45) is 4.01. The van der Waals surface area contributed by atoms with Crippen molar-refractivity contribution in [2.75, 3.05) is 18.0 Å². The maximum Gasteiger partial charge on any atom is 0.227 e. The van der Waals surface area contributed by atoms with Gasteiger partial charge in [0.15, 0.2) is 0 Å². The van der Waals surface area contributed by atoms with Crippen molar-refractivity contribution in [3.8, 4) is 0 Å². The molecule has 0 radical (unpaired) electrons. The molecule has 0 bridgehead atoms. The first-order chi connectivity index (χ1) is 14.6. The second-order valence-electron chi connectivity index (χ2n) is 7.65. The van der Waals surface area contributed by atoms with E-state index in [2.05, 4.69) is 29.6 Å². The fourth-order valence-corrected chi connectivity index (χ4v) is 4.52. The van der Waals surface area contributed by atoms with E-state index in [9.17, 15) is 4.79 Å². The molecular weight excluding hydrogens is 414 g/mol. The van der Waals surface area contributed by atoms with Crippen molar-refractivity contribution in [1.82, 2.24) is 5.32 Å². The van der Waals surface area contributed by atoms with Gasteiger partial charge in [0.2, 0.25) is 5.91 Å². The topological polar surface area (TPSA) is 58.4 Å². The van der Waals surface area contributed by atoms with Gasteiger partial charge in [0.1, 0.15) is 0 Å². The molecule has 1 fully saturated rings. The Morgan fingerprint density at radius 1 is 0.933 bits per heavy atom. The highest BCUT2D eigenvalue weighted by Gasteiger charge is 2.22. The quantitative estimate of drug-likeness (QED) is 0.531. The minimum atomic E-state index is 0.275. The van der Waals surface area contributed by atoms with E-state index in [1.807, 2.05) is 35.2 Å². The van der Waals surface area contributed by atoms with Crippen LogP contribution < -0.4 is 15.4 Å². The van der Waals surface area contributed by atoms with Crippen molar-refractivity contribution in [3.63, 3.8) is 0 Å². The Balaban J connectivity index is 0.000000151. The molecule has 30 heavy (non-hydrogen) atoms. The summed E-state index contributed by atoms with van der Waals surface area (Å²) in [6, 6.07) is 18.4. The molecule has 0 saturated carbocycles. The van der Waals surface area contributed by atoms with E-state index in [1.54, 1.807) is 0 Å². The number of anilines is 1. The summed E-state index contributed by atoms with van der Waals surface area (Å²) in [5.41, 5.74) is 3.89. The Bertz CT molecular complexity index is 1060. The first-order valence-electron chi connectivity index (χ1n) is 10.3. The Hall–Kier alpha value is -2.05. The van der Waals surface area contributed by atoms with Gasteiger partial charge < -0.3 is 10.2 Å². The number of nitrogens with one attached hydrogen (secondary N) is 1. The number of nitrogens with two attached hydrogens (primary N) is 1. The fraction of sp³-hybridized carbons (Fsp3) is 0.292. The zero-order valence-corrected chi connectivity index (χ0v) is 18.4. The normalized spacial score (nSPS) is 16.1. The van der Waals surface area contributed by atoms with E-state index >= 15 is 0 Å². The van der Waals surface area contributed by atoms with E-state index in [4.69, 9.17) is 16.7 Å². The lowest BCUT2D eigenvalue weighted by molar-refractivity contribution is -0.117. The number of aryl methyl sites for hydroxylation is 1. The van der Waals surface area contributed by atoms with Crippen molar-refractivity contribution >= 4 is 45.9 Å². The molecule has 0 aliphatic carbocycles.